The van der Waals surface area contributed by atoms with Crippen molar-refractivity contribution in [2.75, 3.05) is 0 Å². The maximum absolute atomic E-state index is 11.3. The van der Waals surface area contributed by atoms with E-state index in [0.29, 0.717) is 12.8 Å². The summed E-state index contributed by atoms with van der Waals surface area (Å²) in [5.41, 5.74) is 3.04. The lowest BCUT2D eigenvalue weighted by Gasteiger charge is -2.23. The van der Waals surface area contributed by atoms with Crippen LogP contribution in [0.3, 0.4) is 0 Å². The largest absolute Gasteiger partial charge is 0.373 e. The Hall–Kier alpha value is -1.18. The number of amides is 2. The highest BCUT2D eigenvalue weighted by Crippen LogP contribution is 2.43. The average Bonchev–Trinajstić information content (AvgIpc) is 2.86. The van der Waals surface area contributed by atoms with Gasteiger partial charge >= 0.3 is 0 Å². The Labute approximate surface area is 85.3 Å². The Balaban J connectivity index is 2.19. The highest BCUT2D eigenvalue weighted by Gasteiger charge is 2.55. The maximum Gasteiger partial charge on any atom is 0.249 e. The zero-order valence-corrected chi connectivity index (χ0v) is 7.84. The van der Waals surface area contributed by atoms with E-state index >= 15 is 0 Å². The summed E-state index contributed by atoms with van der Waals surface area (Å²) < 4.78 is 5.40. The summed E-state index contributed by atoms with van der Waals surface area (Å²) in [6.45, 7) is 0. The van der Waals surface area contributed by atoms with Gasteiger partial charge in [0.05, 0.1) is 24.0 Å². The fourth-order valence-corrected chi connectivity index (χ4v) is 2.49. The smallest absolute Gasteiger partial charge is 0.249 e. The molecule has 0 aromatic carbocycles. The minimum absolute atomic E-state index is 0.343. The van der Waals surface area contributed by atoms with Crippen molar-refractivity contribution in [3.63, 3.8) is 0 Å². The normalized spacial score (nSPS) is 37.7. The topological polar surface area (TPSA) is 108 Å². The van der Waals surface area contributed by atoms with E-state index in [-0.39, 0.29) is 12.2 Å². The number of rotatable bonds is 2. The fourth-order valence-electron chi connectivity index (χ4n) is 2.49. The van der Waals surface area contributed by atoms with Crippen LogP contribution in [-0.4, -0.2) is 34.4 Å². The molecule has 2 aliphatic rings. The van der Waals surface area contributed by atoms with Gasteiger partial charge in [-0.05, 0) is 12.8 Å². The van der Waals surface area contributed by atoms with Crippen molar-refractivity contribution in [2.45, 2.75) is 25.0 Å². The van der Waals surface area contributed by atoms with Crippen molar-refractivity contribution in [1.29, 1.82) is 0 Å². The first-order chi connectivity index (χ1) is 7.19. The van der Waals surface area contributed by atoms with E-state index in [2.05, 4.69) is 0 Å². The van der Waals surface area contributed by atoms with E-state index in [0.717, 1.165) is 0 Å². The number of fused-ring (bicyclic) bond motifs is 2. The van der Waals surface area contributed by atoms with Gasteiger partial charge in [0.15, 0.2) is 0 Å². The minimum atomic E-state index is -0.721. The first-order valence-electron chi connectivity index (χ1n) is 4.72. The number of nitrogens with one attached hydrogen (secondary N) is 2. The number of ether oxygens (including phenoxy) is 1. The van der Waals surface area contributed by atoms with Gasteiger partial charge in [0.2, 0.25) is 11.8 Å². The molecular weight excluding hydrogens is 204 g/mol. The molecule has 0 radical (unpaired) electrons. The van der Waals surface area contributed by atoms with E-state index in [1.54, 1.807) is 0 Å². The van der Waals surface area contributed by atoms with Crippen LogP contribution < -0.4 is 11.0 Å². The molecule has 7 heteroatoms. The van der Waals surface area contributed by atoms with Crippen LogP contribution in [0.15, 0.2) is 0 Å². The highest BCUT2D eigenvalue weighted by atomic mass is 16.5. The van der Waals surface area contributed by atoms with Crippen LogP contribution in [0.5, 0.6) is 0 Å². The van der Waals surface area contributed by atoms with Crippen LogP contribution in [0.4, 0.5) is 0 Å². The predicted molar refractivity (Wildman–Crippen MR) is 44.7 cm³/mol. The van der Waals surface area contributed by atoms with E-state index in [1.165, 1.54) is 11.0 Å². The molecule has 4 atom stereocenters. The summed E-state index contributed by atoms with van der Waals surface area (Å²) in [4.78, 5) is 22.7. The number of carbonyl (C=O) groups excluding carboxylic acids is 2. The van der Waals surface area contributed by atoms with Gasteiger partial charge in [-0.1, -0.05) is 0 Å². The number of hydroxylamine groups is 2. The van der Waals surface area contributed by atoms with Gasteiger partial charge in [0, 0.05) is 0 Å². The molecule has 4 unspecified atom stereocenters. The molecule has 0 aromatic heterocycles. The van der Waals surface area contributed by atoms with Gasteiger partial charge in [-0.2, -0.15) is 0 Å². The molecule has 0 aliphatic carbocycles. The second-order valence-corrected chi connectivity index (χ2v) is 3.79. The van der Waals surface area contributed by atoms with E-state index in [4.69, 9.17) is 15.2 Å². The van der Waals surface area contributed by atoms with Gasteiger partial charge in [0.25, 0.3) is 0 Å². The quantitative estimate of drug-likeness (QED) is 0.342. The van der Waals surface area contributed by atoms with Crippen LogP contribution in [0.25, 0.3) is 0 Å². The zero-order valence-electron chi connectivity index (χ0n) is 7.84. The third-order valence-electron chi connectivity index (χ3n) is 3.10. The average molecular weight is 216 g/mol. The number of hydrogen-bond donors (Lipinski definition) is 4. The van der Waals surface area contributed by atoms with Crippen molar-refractivity contribution in [1.82, 2.24) is 11.0 Å². The van der Waals surface area contributed by atoms with Crippen molar-refractivity contribution >= 4 is 11.8 Å². The summed E-state index contributed by atoms with van der Waals surface area (Å²) >= 11 is 0. The zero-order chi connectivity index (χ0) is 11.0. The Morgan fingerprint density at radius 1 is 1.00 bits per heavy atom. The first kappa shape index (κ1) is 10.3. The molecule has 2 amide bonds. The molecule has 84 valence electrons. The summed E-state index contributed by atoms with van der Waals surface area (Å²) in [6, 6.07) is 0. The Kier molecular flexibility index (Phi) is 2.59. The predicted octanol–water partition coefficient (Wildman–Crippen LogP) is -1.21. The van der Waals surface area contributed by atoms with E-state index in [1.807, 2.05) is 0 Å². The minimum Gasteiger partial charge on any atom is -0.373 e. The molecule has 0 spiro atoms. The molecule has 4 N–H and O–H groups in total. The van der Waals surface area contributed by atoms with E-state index in [9.17, 15) is 9.59 Å². The lowest BCUT2D eigenvalue weighted by molar-refractivity contribution is -0.144. The van der Waals surface area contributed by atoms with Gasteiger partial charge in [-0.25, -0.2) is 11.0 Å². The monoisotopic (exact) mass is 216 g/mol. The van der Waals surface area contributed by atoms with Gasteiger partial charge in [-0.15, -0.1) is 0 Å². The molecule has 2 heterocycles. The summed E-state index contributed by atoms with van der Waals surface area (Å²) in [5, 5.41) is 17.1. The third-order valence-corrected chi connectivity index (χ3v) is 3.10. The molecule has 15 heavy (non-hydrogen) atoms. The molecule has 2 saturated heterocycles. The molecule has 2 aliphatic heterocycles. The van der Waals surface area contributed by atoms with E-state index < -0.39 is 23.7 Å². The molecule has 0 saturated carbocycles. The van der Waals surface area contributed by atoms with Crippen molar-refractivity contribution < 1.29 is 24.7 Å². The Bertz CT molecular complexity index is 267. The van der Waals surface area contributed by atoms with Crippen molar-refractivity contribution in [2.24, 2.45) is 11.8 Å². The maximum atomic E-state index is 11.3. The van der Waals surface area contributed by atoms with Gasteiger partial charge in [0.1, 0.15) is 0 Å². The van der Waals surface area contributed by atoms with Crippen LogP contribution in [-0.2, 0) is 14.3 Å². The Morgan fingerprint density at radius 3 is 1.73 bits per heavy atom. The Morgan fingerprint density at radius 2 is 1.40 bits per heavy atom. The number of carbonyl (C=O) groups is 2. The molecule has 2 fully saturated rings. The second-order valence-electron chi connectivity index (χ2n) is 3.79. The molecule has 2 rings (SSSR count). The lowest BCUT2D eigenvalue weighted by Crippen LogP contribution is -2.46. The van der Waals surface area contributed by atoms with Crippen LogP contribution in [0.2, 0.25) is 0 Å². The first-order valence-corrected chi connectivity index (χ1v) is 4.72. The molecule has 0 aromatic rings. The standard InChI is InChI=1S/C8H12N2O5/c11-7(9-13)5-3-1-2-4(15-3)6(5)8(12)10-14/h3-6,13-14H,1-2H2,(H,9,11)(H,10,12). The molecule has 2 bridgehead atoms. The fraction of sp³-hybridized carbons (Fsp3) is 0.750. The van der Waals surface area contributed by atoms with Gasteiger partial charge < -0.3 is 4.74 Å². The number of hydrogen-bond acceptors (Lipinski definition) is 5. The molecule has 7 nitrogen and oxygen atoms in total. The second kappa shape index (κ2) is 3.76. The third kappa shape index (κ3) is 1.48. The lowest BCUT2D eigenvalue weighted by atomic mass is 9.78. The summed E-state index contributed by atoms with van der Waals surface area (Å²) in [7, 11) is 0. The van der Waals surface area contributed by atoms with Gasteiger partial charge in [-0.3, -0.25) is 20.0 Å². The summed E-state index contributed by atoms with van der Waals surface area (Å²) in [5.74, 6) is -2.73. The molecular formula is C8H12N2O5. The van der Waals surface area contributed by atoms with Crippen molar-refractivity contribution in [3.05, 3.63) is 0 Å². The SMILES string of the molecule is O=C(NO)C1C2CCC(O2)C1C(=O)NO. The van der Waals surface area contributed by atoms with Crippen LogP contribution in [0, 0.1) is 11.8 Å². The van der Waals surface area contributed by atoms with Crippen LogP contribution >= 0.6 is 0 Å². The highest BCUT2D eigenvalue weighted by molar-refractivity contribution is 5.88. The van der Waals surface area contributed by atoms with Crippen molar-refractivity contribution in [3.8, 4) is 0 Å². The summed E-state index contributed by atoms with van der Waals surface area (Å²) in [6.07, 6.45) is 0.699. The van der Waals surface area contributed by atoms with Crippen LogP contribution in [0.1, 0.15) is 12.8 Å².